The van der Waals surface area contributed by atoms with Crippen molar-refractivity contribution in [2.24, 2.45) is 0 Å². The summed E-state index contributed by atoms with van der Waals surface area (Å²) in [6.07, 6.45) is 5.68. The zero-order chi connectivity index (χ0) is 10.3. The normalized spacial score (nSPS) is 11.0. The minimum Gasteiger partial charge on any atom is -0.290 e. The van der Waals surface area contributed by atoms with Crippen molar-refractivity contribution < 1.29 is 0 Å². The molecule has 0 atom stereocenters. The van der Waals surface area contributed by atoms with E-state index in [2.05, 4.69) is 32.0 Å². The fraction of sp³-hybridized carbons (Fsp3) is 0. The molecule has 0 N–H and O–H groups in total. The molecule has 0 saturated carbocycles. The molecule has 3 aromatic heterocycles. The van der Waals surface area contributed by atoms with Crippen LogP contribution in [0.5, 0.6) is 0 Å². The SMILES string of the molecule is Brc1csc(-c2cn3cccnc3n2)c1. The van der Waals surface area contributed by atoms with Crippen LogP contribution in [0.4, 0.5) is 0 Å². The van der Waals surface area contributed by atoms with Gasteiger partial charge in [0.25, 0.3) is 0 Å². The zero-order valence-corrected chi connectivity index (χ0v) is 9.99. The lowest BCUT2D eigenvalue weighted by Gasteiger charge is -1.85. The van der Waals surface area contributed by atoms with Crippen molar-refractivity contribution in [2.45, 2.75) is 0 Å². The summed E-state index contributed by atoms with van der Waals surface area (Å²) in [6, 6.07) is 3.95. The van der Waals surface area contributed by atoms with E-state index < -0.39 is 0 Å². The third-order valence-corrected chi connectivity index (χ3v) is 3.77. The Kier molecular flexibility index (Phi) is 2.07. The van der Waals surface area contributed by atoms with Crippen LogP contribution in [-0.2, 0) is 0 Å². The van der Waals surface area contributed by atoms with Gasteiger partial charge in [-0.1, -0.05) is 0 Å². The molecule has 3 heterocycles. The first-order valence-electron chi connectivity index (χ1n) is 4.37. The first-order valence-corrected chi connectivity index (χ1v) is 6.04. The number of rotatable bonds is 1. The highest BCUT2D eigenvalue weighted by Gasteiger charge is 2.06. The summed E-state index contributed by atoms with van der Waals surface area (Å²) in [7, 11) is 0. The summed E-state index contributed by atoms with van der Waals surface area (Å²) in [4.78, 5) is 9.76. The Morgan fingerprint density at radius 2 is 2.33 bits per heavy atom. The Balaban J connectivity index is 2.19. The van der Waals surface area contributed by atoms with E-state index in [1.54, 1.807) is 17.5 Å². The van der Waals surface area contributed by atoms with Crippen molar-refractivity contribution in [3.63, 3.8) is 0 Å². The maximum atomic E-state index is 4.44. The van der Waals surface area contributed by atoms with Crippen LogP contribution in [0.2, 0.25) is 0 Å². The Morgan fingerprint density at radius 1 is 1.40 bits per heavy atom. The van der Waals surface area contributed by atoms with Crippen LogP contribution in [-0.4, -0.2) is 14.4 Å². The third kappa shape index (κ3) is 1.57. The molecule has 3 nitrogen and oxygen atoms in total. The molecule has 15 heavy (non-hydrogen) atoms. The van der Waals surface area contributed by atoms with Gasteiger partial charge in [-0.3, -0.25) is 4.40 Å². The Labute approximate surface area is 98.6 Å². The standard InChI is InChI=1S/C10H6BrN3S/c11-7-4-9(15-6-7)8-5-14-3-1-2-12-10(14)13-8/h1-6H. The molecule has 0 aliphatic heterocycles. The number of nitrogens with zero attached hydrogens (tertiary/aromatic N) is 3. The van der Waals surface area contributed by atoms with Gasteiger partial charge in [0, 0.05) is 28.4 Å². The van der Waals surface area contributed by atoms with E-state index in [0.29, 0.717) is 0 Å². The molecule has 0 bridgehead atoms. The fourth-order valence-corrected chi connectivity index (χ4v) is 2.78. The molecule has 0 aliphatic carbocycles. The van der Waals surface area contributed by atoms with Gasteiger partial charge < -0.3 is 0 Å². The fourth-order valence-electron chi connectivity index (χ4n) is 1.40. The Morgan fingerprint density at radius 3 is 3.07 bits per heavy atom. The second-order valence-corrected chi connectivity index (χ2v) is 4.91. The van der Waals surface area contributed by atoms with Crippen LogP contribution in [0.3, 0.4) is 0 Å². The van der Waals surface area contributed by atoms with E-state index >= 15 is 0 Å². The van der Waals surface area contributed by atoms with Crippen LogP contribution >= 0.6 is 27.3 Å². The maximum Gasteiger partial charge on any atom is 0.234 e. The van der Waals surface area contributed by atoms with Gasteiger partial charge in [-0.15, -0.1) is 11.3 Å². The predicted octanol–water partition coefficient (Wildman–Crippen LogP) is 3.22. The highest BCUT2D eigenvalue weighted by atomic mass is 79.9. The average Bonchev–Trinajstić information content (AvgIpc) is 2.82. The lowest BCUT2D eigenvalue weighted by molar-refractivity contribution is 1.11. The van der Waals surface area contributed by atoms with Gasteiger partial charge in [-0.25, -0.2) is 9.97 Å². The van der Waals surface area contributed by atoms with Crippen molar-refractivity contribution in [3.8, 4) is 10.6 Å². The lowest BCUT2D eigenvalue weighted by Crippen LogP contribution is -1.82. The first kappa shape index (κ1) is 9.06. The van der Waals surface area contributed by atoms with Crippen molar-refractivity contribution in [1.82, 2.24) is 14.4 Å². The second kappa shape index (κ2) is 3.43. The van der Waals surface area contributed by atoms with Gasteiger partial charge in [0.15, 0.2) is 0 Å². The summed E-state index contributed by atoms with van der Waals surface area (Å²) in [6.45, 7) is 0. The van der Waals surface area contributed by atoms with E-state index in [0.717, 1.165) is 20.8 Å². The summed E-state index contributed by atoms with van der Waals surface area (Å²) < 4.78 is 3.01. The molecule has 0 amide bonds. The number of imidazole rings is 1. The summed E-state index contributed by atoms with van der Waals surface area (Å²) in [5.74, 6) is 0.733. The van der Waals surface area contributed by atoms with E-state index in [1.165, 1.54) is 0 Å². The molecule has 0 spiro atoms. The molecule has 74 valence electrons. The number of fused-ring (bicyclic) bond motifs is 1. The van der Waals surface area contributed by atoms with Crippen LogP contribution < -0.4 is 0 Å². The molecule has 3 aromatic rings. The lowest BCUT2D eigenvalue weighted by atomic mass is 10.4. The van der Waals surface area contributed by atoms with Crippen LogP contribution in [0.1, 0.15) is 0 Å². The van der Waals surface area contributed by atoms with Gasteiger partial charge in [0.2, 0.25) is 5.78 Å². The minimum absolute atomic E-state index is 0.733. The number of halogens is 1. The highest BCUT2D eigenvalue weighted by Crippen LogP contribution is 2.28. The number of hydrogen-bond donors (Lipinski definition) is 0. The van der Waals surface area contributed by atoms with Gasteiger partial charge in [0.05, 0.1) is 4.88 Å². The number of thiophene rings is 1. The van der Waals surface area contributed by atoms with Gasteiger partial charge in [0.1, 0.15) is 5.69 Å². The Hall–Kier alpha value is -1.20. The molecule has 0 aromatic carbocycles. The monoisotopic (exact) mass is 279 g/mol. The minimum atomic E-state index is 0.733. The topological polar surface area (TPSA) is 30.2 Å². The van der Waals surface area contributed by atoms with Crippen LogP contribution in [0.15, 0.2) is 40.6 Å². The van der Waals surface area contributed by atoms with Gasteiger partial charge in [-0.2, -0.15) is 0 Å². The smallest absolute Gasteiger partial charge is 0.234 e. The molecule has 0 unspecified atom stereocenters. The van der Waals surface area contributed by atoms with E-state index in [1.807, 2.05) is 28.2 Å². The molecular weight excluding hydrogens is 274 g/mol. The highest BCUT2D eigenvalue weighted by molar-refractivity contribution is 9.10. The molecular formula is C10H6BrN3S. The maximum absolute atomic E-state index is 4.44. The van der Waals surface area contributed by atoms with E-state index in [-0.39, 0.29) is 0 Å². The zero-order valence-electron chi connectivity index (χ0n) is 7.59. The quantitative estimate of drug-likeness (QED) is 0.685. The first-order chi connectivity index (χ1) is 7.33. The molecule has 0 fully saturated rings. The molecule has 5 heteroatoms. The largest absolute Gasteiger partial charge is 0.290 e. The Bertz CT molecular complexity index is 581. The van der Waals surface area contributed by atoms with Crippen LogP contribution in [0.25, 0.3) is 16.3 Å². The third-order valence-electron chi connectivity index (χ3n) is 2.06. The number of hydrogen-bond acceptors (Lipinski definition) is 3. The molecule has 0 radical (unpaired) electrons. The van der Waals surface area contributed by atoms with Gasteiger partial charge >= 0.3 is 0 Å². The molecule has 0 aliphatic rings. The average molecular weight is 280 g/mol. The van der Waals surface area contributed by atoms with E-state index in [9.17, 15) is 0 Å². The van der Waals surface area contributed by atoms with Crippen molar-refractivity contribution in [2.75, 3.05) is 0 Å². The number of aromatic nitrogens is 3. The predicted molar refractivity (Wildman–Crippen MR) is 64.0 cm³/mol. The molecule has 0 saturated heterocycles. The second-order valence-electron chi connectivity index (χ2n) is 3.08. The van der Waals surface area contributed by atoms with Crippen molar-refractivity contribution in [1.29, 1.82) is 0 Å². The van der Waals surface area contributed by atoms with E-state index in [4.69, 9.17) is 0 Å². The molecule has 3 rings (SSSR count). The summed E-state index contributed by atoms with van der Waals surface area (Å²) in [5, 5.41) is 2.05. The van der Waals surface area contributed by atoms with Gasteiger partial charge in [-0.05, 0) is 28.1 Å². The van der Waals surface area contributed by atoms with Crippen molar-refractivity contribution >= 4 is 33.0 Å². The van der Waals surface area contributed by atoms with Crippen molar-refractivity contribution in [3.05, 3.63) is 40.6 Å². The summed E-state index contributed by atoms with van der Waals surface area (Å²) >= 11 is 5.10. The van der Waals surface area contributed by atoms with Crippen LogP contribution in [0, 0.1) is 0 Å². The summed E-state index contributed by atoms with van der Waals surface area (Å²) in [5.41, 5.74) is 0.962.